The molecular formula is C26H31N5O2. The minimum Gasteiger partial charge on any atom is -0.440 e. The molecule has 2 aromatic heterocycles. The molecule has 0 amide bonds. The van der Waals surface area contributed by atoms with Crippen LogP contribution in [0.15, 0.2) is 46.9 Å². The Morgan fingerprint density at radius 2 is 2.03 bits per heavy atom. The van der Waals surface area contributed by atoms with Crippen molar-refractivity contribution in [3.05, 3.63) is 59.7 Å². The molecule has 0 saturated carbocycles. The largest absolute Gasteiger partial charge is 0.440 e. The summed E-state index contributed by atoms with van der Waals surface area (Å²) in [6, 6.07) is 14.3. The number of likely N-dealkylation sites (tertiary alicyclic amines) is 1. The van der Waals surface area contributed by atoms with E-state index in [1.54, 1.807) is 7.11 Å². The molecule has 0 radical (unpaired) electrons. The van der Waals surface area contributed by atoms with Gasteiger partial charge in [0, 0.05) is 38.1 Å². The Morgan fingerprint density at radius 1 is 1.12 bits per heavy atom. The number of hydrogen-bond acceptors (Lipinski definition) is 7. The normalized spacial score (nSPS) is 17.1. The molecule has 5 rings (SSSR count). The molecule has 3 heterocycles. The van der Waals surface area contributed by atoms with E-state index < -0.39 is 0 Å². The maximum Gasteiger partial charge on any atom is 0.199 e. The number of hydrogen-bond donors (Lipinski definition) is 1. The van der Waals surface area contributed by atoms with Crippen LogP contribution in [0.25, 0.3) is 22.0 Å². The number of aromatic nitrogens is 3. The van der Waals surface area contributed by atoms with Crippen LogP contribution in [-0.2, 0) is 11.3 Å². The monoisotopic (exact) mass is 445 g/mol. The van der Waals surface area contributed by atoms with E-state index in [4.69, 9.17) is 24.1 Å². The molecule has 33 heavy (non-hydrogen) atoms. The lowest BCUT2D eigenvalue weighted by Crippen LogP contribution is -2.34. The van der Waals surface area contributed by atoms with Crippen molar-refractivity contribution in [3.63, 3.8) is 0 Å². The molecule has 172 valence electrons. The van der Waals surface area contributed by atoms with E-state index in [2.05, 4.69) is 35.3 Å². The highest BCUT2D eigenvalue weighted by molar-refractivity contribution is 5.89. The van der Waals surface area contributed by atoms with Crippen LogP contribution in [0.3, 0.4) is 0 Å². The first kappa shape index (κ1) is 21.8. The first-order valence-electron chi connectivity index (χ1n) is 11.8. The van der Waals surface area contributed by atoms with Gasteiger partial charge in [-0.05, 0) is 57.0 Å². The van der Waals surface area contributed by atoms with Crippen molar-refractivity contribution in [3.8, 4) is 0 Å². The number of anilines is 1. The number of methoxy groups -OCH3 is 1. The number of fused-ring (bicyclic) bond motifs is 2. The summed E-state index contributed by atoms with van der Waals surface area (Å²) in [5, 5.41) is 4.57. The van der Waals surface area contributed by atoms with Gasteiger partial charge in [-0.2, -0.15) is 0 Å². The van der Waals surface area contributed by atoms with Crippen LogP contribution in [0.4, 0.5) is 5.82 Å². The van der Waals surface area contributed by atoms with Gasteiger partial charge in [0.2, 0.25) is 0 Å². The molecule has 1 N–H and O–H groups in total. The number of oxazole rings is 1. The van der Waals surface area contributed by atoms with Gasteiger partial charge in [-0.1, -0.05) is 23.8 Å². The minimum atomic E-state index is 0.292. The van der Waals surface area contributed by atoms with Crippen molar-refractivity contribution in [2.75, 3.05) is 38.7 Å². The SMILES string of the molecule is COCCCNc1nc(CN2CCCC(c3nc4ccccc4o3)C2)nc2ccc(C)cc12. The van der Waals surface area contributed by atoms with Gasteiger partial charge in [-0.25, -0.2) is 15.0 Å². The summed E-state index contributed by atoms with van der Waals surface area (Å²) < 4.78 is 11.3. The summed E-state index contributed by atoms with van der Waals surface area (Å²) in [6.45, 7) is 6.29. The topological polar surface area (TPSA) is 76.3 Å². The zero-order valence-corrected chi connectivity index (χ0v) is 19.4. The Balaban J connectivity index is 1.34. The van der Waals surface area contributed by atoms with E-state index in [0.29, 0.717) is 12.5 Å². The second-order valence-corrected chi connectivity index (χ2v) is 8.88. The van der Waals surface area contributed by atoms with Gasteiger partial charge in [0.15, 0.2) is 11.5 Å². The van der Waals surface area contributed by atoms with Crippen molar-refractivity contribution in [1.82, 2.24) is 19.9 Å². The molecular weight excluding hydrogens is 414 g/mol. The fourth-order valence-electron chi connectivity index (χ4n) is 4.58. The number of ether oxygens (including phenoxy) is 1. The summed E-state index contributed by atoms with van der Waals surface area (Å²) in [6.07, 6.45) is 3.13. The first-order valence-corrected chi connectivity index (χ1v) is 11.8. The van der Waals surface area contributed by atoms with E-state index >= 15 is 0 Å². The van der Waals surface area contributed by atoms with Gasteiger partial charge in [0.1, 0.15) is 17.2 Å². The van der Waals surface area contributed by atoms with Crippen LogP contribution in [0.2, 0.25) is 0 Å². The van der Waals surface area contributed by atoms with Crippen molar-refractivity contribution < 1.29 is 9.15 Å². The predicted octanol–water partition coefficient (Wildman–Crippen LogP) is 4.91. The number of aryl methyl sites for hydroxylation is 1. The van der Waals surface area contributed by atoms with Gasteiger partial charge in [-0.3, -0.25) is 4.90 Å². The second kappa shape index (κ2) is 9.85. The van der Waals surface area contributed by atoms with Gasteiger partial charge >= 0.3 is 0 Å². The molecule has 1 aliphatic rings. The molecule has 1 fully saturated rings. The van der Waals surface area contributed by atoms with Gasteiger partial charge < -0.3 is 14.5 Å². The predicted molar refractivity (Wildman–Crippen MR) is 131 cm³/mol. The van der Waals surface area contributed by atoms with E-state index in [0.717, 1.165) is 85.0 Å². The minimum absolute atomic E-state index is 0.292. The van der Waals surface area contributed by atoms with Crippen LogP contribution in [-0.4, -0.2) is 53.2 Å². The number of benzene rings is 2. The second-order valence-electron chi connectivity index (χ2n) is 8.88. The quantitative estimate of drug-likeness (QED) is 0.386. The zero-order chi connectivity index (χ0) is 22.6. The number of nitrogens with one attached hydrogen (secondary N) is 1. The third-order valence-electron chi connectivity index (χ3n) is 6.25. The Hall–Kier alpha value is -3.03. The Bertz CT molecular complexity index is 1210. The lowest BCUT2D eigenvalue weighted by molar-refractivity contribution is 0.183. The molecule has 2 aromatic carbocycles. The van der Waals surface area contributed by atoms with Crippen molar-refractivity contribution >= 4 is 27.8 Å². The smallest absolute Gasteiger partial charge is 0.199 e. The Kier molecular flexibility index (Phi) is 6.51. The highest BCUT2D eigenvalue weighted by Gasteiger charge is 2.26. The van der Waals surface area contributed by atoms with E-state index in [-0.39, 0.29) is 0 Å². The van der Waals surface area contributed by atoms with Crippen LogP contribution in [0.1, 0.15) is 42.5 Å². The molecule has 1 aliphatic heterocycles. The highest BCUT2D eigenvalue weighted by atomic mass is 16.5. The van der Waals surface area contributed by atoms with Crippen molar-refractivity contribution in [2.24, 2.45) is 0 Å². The molecule has 0 spiro atoms. The number of nitrogens with zero attached hydrogens (tertiary/aromatic N) is 4. The zero-order valence-electron chi connectivity index (χ0n) is 19.4. The maximum atomic E-state index is 6.07. The number of para-hydroxylation sites is 2. The summed E-state index contributed by atoms with van der Waals surface area (Å²) in [5.74, 6) is 2.89. The molecule has 0 aliphatic carbocycles. The van der Waals surface area contributed by atoms with Crippen molar-refractivity contribution in [2.45, 2.75) is 38.6 Å². The fourth-order valence-corrected chi connectivity index (χ4v) is 4.58. The summed E-state index contributed by atoms with van der Waals surface area (Å²) >= 11 is 0. The van der Waals surface area contributed by atoms with Gasteiger partial charge in [0.05, 0.1) is 12.1 Å². The third-order valence-corrected chi connectivity index (χ3v) is 6.25. The summed E-state index contributed by atoms with van der Waals surface area (Å²) in [4.78, 5) is 17.0. The lowest BCUT2D eigenvalue weighted by atomic mass is 9.98. The average Bonchev–Trinajstić information content (AvgIpc) is 3.27. The van der Waals surface area contributed by atoms with Crippen LogP contribution in [0, 0.1) is 6.92 Å². The molecule has 4 aromatic rings. The molecule has 7 nitrogen and oxygen atoms in total. The van der Waals surface area contributed by atoms with Crippen molar-refractivity contribution in [1.29, 1.82) is 0 Å². The van der Waals surface area contributed by atoms with Gasteiger partial charge in [-0.15, -0.1) is 0 Å². The van der Waals surface area contributed by atoms with Crippen LogP contribution >= 0.6 is 0 Å². The van der Waals surface area contributed by atoms with Crippen LogP contribution in [0.5, 0.6) is 0 Å². The maximum absolute atomic E-state index is 6.07. The third kappa shape index (κ3) is 4.99. The number of piperidine rings is 1. The average molecular weight is 446 g/mol. The molecule has 1 unspecified atom stereocenters. The molecule has 1 saturated heterocycles. The summed E-state index contributed by atoms with van der Waals surface area (Å²) in [5.41, 5.74) is 3.98. The van der Waals surface area contributed by atoms with E-state index in [1.165, 1.54) is 5.56 Å². The lowest BCUT2D eigenvalue weighted by Gasteiger charge is -2.30. The van der Waals surface area contributed by atoms with E-state index in [1.807, 2.05) is 24.3 Å². The molecule has 0 bridgehead atoms. The van der Waals surface area contributed by atoms with E-state index in [9.17, 15) is 0 Å². The van der Waals surface area contributed by atoms with Crippen LogP contribution < -0.4 is 5.32 Å². The molecule has 7 heteroatoms. The van der Waals surface area contributed by atoms with Gasteiger partial charge in [0.25, 0.3) is 0 Å². The highest BCUT2D eigenvalue weighted by Crippen LogP contribution is 2.30. The Morgan fingerprint density at radius 3 is 2.91 bits per heavy atom. The molecule has 1 atom stereocenters. The summed E-state index contributed by atoms with van der Waals surface area (Å²) in [7, 11) is 1.73. The first-order chi connectivity index (χ1) is 16.2. The Labute approximate surface area is 194 Å². The standard InChI is InChI=1S/C26H31N5O2/c1-18-10-11-21-20(15-18)25(27-12-6-14-32-2)30-24(28-21)17-31-13-5-7-19(16-31)26-29-22-8-3-4-9-23(22)33-26/h3-4,8-11,15,19H,5-7,12-14,16-17H2,1-2H3,(H,27,28,30). The number of rotatable bonds is 8. The fraction of sp³-hybridized carbons (Fsp3) is 0.423.